The summed E-state index contributed by atoms with van der Waals surface area (Å²) in [5.74, 6) is 0.675. The second kappa shape index (κ2) is 6.68. The minimum atomic E-state index is -0.490. The third-order valence-electron chi connectivity index (χ3n) is 3.65. The highest BCUT2D eigenvalue weighted by Crippen LogP contribution is 2.12. The summed E-state index contributed by atoms with van der Waals surface area (Å²) in [6.07, 6.45) is 0. The van der Waals surface area contributed by atoms with Crippen LogP contribution < -0.4 is 10.2 Å². The molecule has 0 saturated carbocycles. The van der Waals surface area contributed by atoms with Crippen molar-refractivity contribution in [2.24, 2.45) is 5.10 Å². The molecule has 0 aliphatic heterocycles. The highest BCUT2D eigenvalue weighted by molar-refractivity contribution is 6.00. The zero-order valence-corrected chi connectivity index (χ0v) is 14.4. The van der Waals surface area contributed by atoms with Crippen molar-refractivity contribution < 1.29 is 9.53 Å². The van der Waals surface area contributed by atoms with Crippen molar-refractivity contribution in [2.45, 2.75) is 20.8 Å². The van der Waals surface area contributed by atoms with E-state index in [4.69, 9.17) is 4.74 Å². The molecule has 0 aliphatic carbocycles. The highest BCUT2D eigenvalue weighted by atomic mass is 16.5. The van der Waals surface area contributed by atoms with E-state index in [1.807, 2.05) is 44.2 Å². The fraction of sp³-hybridized carbons (Fsp3) is 0.235. The van der Waals surface area contributed by atoms with Gasteiger partial charge in [-0.1, -0.05) is 0 Å². The van der Waals surface area contributed by atoms with E-state index in [9.17, 15) is 4.79 Å². The van der Waals surface area contributed by atoms with Crippen molar-refractivity contribution in [1.82, 2.24) is 25.0 Å². The Kier molecular flexibility index (Phi) is 4.42. The number of aryl methyl sites for hydroxylation is 2. The molecule has 1 aromatic carbocycles. The number of carbonyl (C=O) groups is 1. The molecule has 3 rings (SSSR count). The lowest BCUT2D eigenvalue weighted by Gasteiger charge is -2.03. The molecule has 0 radical (unpaired) electrons. The van der Waals surface area contributed by atoms with Gasteiger partial charge in [0.1, 0.15) is 5.75 Å². The normalized spacial score (nSPS) is 11.6. The number of rotatable bonds is 4. The maximum Gasteiger partial charge on any atom is 0.311 e. The third-order valence-corrected chi connectivity index (χ3v) is 3.65. The van der Waals surface area contributed by atoms with Gasteiger partial charge in [0.2, 0.25) is 5.82 Å². The summed E-state index contributed by atoms with van der Waals surface area (Å²) in [6, 6.07) is 9.26. The molecule has 0 aliphatic rings. The van der Waals surface area contributed by atoms with Crippen molar-refractivity contribution in [3.63, 3.8) is 0 Å². The van der Waals surface area contributed by atoms with E-state index in [1.165, 1.54) is 4.52 Å². The molecule has 0 bridgehead atoms. The van der Waals surface area contributed by atoms with Crippen LogP contribution in [0.15, 0.2) is 35.4 Å². The molecule has 0 unspecified atom stereocenters. The first kappa shape index (κ1) is 16.6. The predicted octanol–water partition coefficient (Wildman–Crippen LogP) is 1.90. The molecule has 0 fully saturated rings. The number of aromatic nitrogens is 4. The zero-order chi connectivity index (χ0) is 18.0. The van der Waals surface area contributed by atoms with Gasteiger partial charge in [0, 0.05) is 11.4 Å². The maximum atomic E-state index is 12.2. The minimum absolute atomic E-state index is 0.0208. The van der Waals surface area contributed by atoms with E-state index < -0.39 is 5.91 Å². The molecular formula is C17H18N6O2. The van der Waals surface area contributed by atoms with Gasteiger partial charge >= 0.3 is 5.91 Å². The molecule has 1 N–H and O–H groups in total. The summed E-state index contributed by atoms with van der Waals surface area (Å²) in [4.78, 5) is 20.7. The number of benzene rings is 1. The Hall–Kier alpha value is -3.29. The van der Waals surface area contributed by atoms with E-state index >= 15 is 0 Å². The molecule has 0 saturated heterocycles. The Morgan fingerprint density at radius 1 is 1.20 bits per heavy atom. The molecule has 8 nitrogen and oxygen atoms in total. The Balaban J connectivity index is 1.78. The lowest BCUT2D eigenvalue weighted by molar-refractivity contribution is 0.0944. The lowest BCUT2D eigenvalue weighted by atomic mass is 10.1. The summed E-state index contributed by atoms with van der Waals surface area (Å²) in [7, 11) is 1.61. The van der Waals surface area contributed by atoms with Gasteiger partial charge < -0.3 is 4.74 Å². The van der Waals surface area contributed by atoms with Crippen molar-refractivity contribution in [1.29, 1.82) is 0 Å². The first-order valence-electron chi connectivity index (χ1n) is 7.68. The second-order valence-corrected chi connectivity index (χ2v) is 5.55. The summed E-state index contributed by atoms with van der Waals surface area (Å²) in [5.41, 5.74) is 5.67. The number of hydrogen-bond donors (Lipinski definition) is 1. The van der Waals surface area contributed by atoms with Gasteiger partial charge in [0.25, 0.3) is 5.78 Å². The van der Waals surface area contributed by atoms with Crippen LogP contribution in [0.1, 0.15) is 34.5 Å². The number of carbonyl (C=O) groups excluding carboxylic acids is 1. The van der Waals surface area contributed by atoms with Crippen LogP contribution in [0.2, 0.25) is 0 Å². The van der Waals surface area contributed by atoms with E-state index in [2.05, 4.69) is 25.6 Å². The number of nitrogens with one attached hydrogen (secondary N) is 1. The quantitative estimate of drug-likeness (QED) is 0.579. The first-order valence-corrected chi connectivity index (χ1v) is 7.68. The zero-order valence-electron chi connectivity index (χ0n) is 14.4. The molecule has 1 amide bonds. The standard InChI is InChI=1S/C17H18N6O2/c1-10-9-11(2)23-17(18-10)19-15(22-23)16(24)21-20-12(3)13-5-7-14(25-4)8-6-13/h5-9H,1-4H3,(H,21,24). The molecule has 128 valence electrons. The van der Waals surface area contributed by atoms with Crippen molar-refractivity contribution in [3.05, 3.63) is 53.1 Å². The van der Waals surface area contributed by atoms with E-state index in [-0.39, 0.29) is 5.82 Å². The lowest BCUT2D eigenvalue weighted by Crippen LogP contribution is -2.20. The average Bonchev–Trinajstić information content (AvgIpc) is 3.04. The molecule has 0 atom stereocenters. The third kappa shape index (κ3) is 3.47. The minimum Gasteiger partial charge on any atom is -0.497 e. The van der Waals surface area contributed by atoms with Crippen LogP contribution in [0.5, 0.6) is 5.75 Å². The largest absolute Gasteiger partial charge is 0.497 e. The number of methoxy groups -OCH3 is 1. The SMILES string of the molecule is COc1ccc(C(C)=NNC(=O)c2nc3nc(C)cc(C)n3n2)cc1. The van der Waals surface area contributed by atoms with Gasteiger partial charge in [-0.25, -0.2) is 14.9 Å². The van der Waals surface area contributed by atoms with Gasteiger partial charge in [-0.2, -0.15) is 10.1 Å². The molecule has 3 aromatic rings. The van der Waals surface area contributed by atoms with Crippen molar-refractivity contribution in [2.75, 3.05) is 7.11 Å². The van der Waals surface area contributed by atoms with Crippen LogP contribution in [0.4, 0.5) is 0 Å². The second-order valence-electron chi connectivity index (χ2n) is 5.55. The van der Waals surface area contributed by atoms with Crippen LogP contribution in [0.25, 0.3) is 5.78 Å². The van der Waals surface area contributed by atoms with E-state index in [0.29, 0.717) is 11.5 Å². The molecule has 2 heterocycles. The number of fused-ring (bicyclic) bond motifs is 1. The number of amides is 1. The van der Waals surface area contributed by atoms with E-state index in [0.717, 1.165) is 22.7 Å². The molecule has 25 heavy (non-hydrogen) atoms. The highest BCUT2D eigenvalue weighted by Gasteiger charge is 2.14. The summed E-state index contributed by atoms with van der Waals surface area (Å²) >= 11 is 0. The van der Waals surface area contributed by atoms with Crippen molar-refractivity contribution >= 4 is 17.4 Å². The predicted molar refractivity (Wildman–Crippen MR) is 92.9 cm³/mol. The molecular weight excluding hydrogens is 320 g/mol. The van der Waals surface area contributed by atoms with Gasteiger partial charge in [0.05, 0.1) is 12.8 Å². The number of nitrogens with zero attached hydrogens (tertiary/aromatic N) is 5. The maximum absolute atomic E-state index is 12.2. The number of hydrogen-bond acceptors (Lipinski definition) is 6. The molecule has 8 heteroatoms. The van der Waals surface area contributed by atoms with Crippen LogP contribution in [0.3, 0.4) is 0 Å². The van der Waals surface area contributed by atoms with Crippen LogP contribution in [-0.4, -0.2) is 38.3 Å². The summed E-state index contributed by atoms with van der Waals surface area (Å²) in [5, 5.41) is 8.27. The van der Waals surface area contributed by atoms with Gasteiger partial charge in [-0.05, 0) is 56.7 Å². The topological polar surface area (TPSA) is 93.8 Å². The van der Waals surface area contributed by atoms with Crippen LogP contribution in [0, 0.1) is 13.8 Å². The van der Waals surface area contributed by atoms with Gasteiger partial charge in [-0.15, -0.1) is 5.10 Å². The van der Waals surface area contributed by atoms with E-state index in [1.54, 1.807) is 14.0 Å². The molecule has 2 aromatic heterocycles. The smallest absolute Gasteiger partial charge is 0.311 e. The summed E-state index contributed by atoms with van der Waals surface area (Å²) in [6.45, 7) is 5.54. The summed E-state index contributed by atoms with van der Waals surface area (Å²) < 4.78 is 6.65. The van der Waals surface area contributed by atoms with Crippen molar-refractivity contribution in [3.8, 4) is 5.75 Å². The van der Waals surface area contributed by atoms with Crippen LogP contribution in [-0.2, 0) is 0 Å². The van der Waals surface area contributed by atoms with Gasteiger partial charge in [0.15, 0.2) is 0 Å². The van der Waals surface area contributed by atoms with Gasteiger partial charge in [-0.3, -0.25) is 4.79 Å². The fourth-order valence-corrected chi connectivity index (χ4v) is 2.34. The van der Waals surface area contributed by atoms with Crippen LogP contribution >= 0.6 is 0 Å². The Morgan fingerprint density at radius 3 is 2.60 bits per heavy atom. The first-order chi connectivity index (χ1) is 12.0. The fourth-order valence-electron chi connectivity index (χ4n) is 2.34. The Morgan fingerprint density at radius 2 is 1.92 bits per heavy atom. The molecule has 0 spiro atoms. The average molecular weight is 338 g/mol. The Bertz CT molecular complexity index is 959. The Labute approximate surface area is 144 Å². The number of hydrazone groups is 1. The monoisotopic (exact) mass is 338 g/mol. The number of ether oxygens (including phenoxy) is 1.